The number of amides is 1. The van der Waals surface area contributed by atoms with Crippen molar-refractivity contribution in [1.82, 2.24) is 9.78 Å². The van der Waals surface area contributed by atoms with E-state index in [-0.39, 0.29) is 16.5 Å². The summed E-state index contributed by atoms with van der Waals surface area (Å²) in [4.78, 5) is 12.6. The van der Waals surface area contributed by atoms with Gasteiger partial charge in [0.15, 0.2) is 0 Å². The lowest BCUT2D eigenvalue weighted by Crippen LogP contribution is -2.13. The third-order valence-electron chi connectivity index (χ3n) is 3.63. The SMILES string of the molecule is Cc1ccc(NC(=O)c2c(C)nn(-c3ccccc3)c2Cl)c(O)c1. The minimum atomic E-state index is -0.418. The molecule has 5 nitrogen and oxygen atoms in total. The average Bonchev–Trinajstić information content (AvgIpc) is 2.85. The van der Waals surface area contributed by atoms with Gasteiger partial charge in [-0.25, -0.2) is 4.68 Å². The second-order valence-corrected chi connectivity index (χ2v) is 5.83. The van der Waals surface area contributed by atoms with Gasteiger partial charge in [0.25, 0.3) is 5.91 Å². The van der Waals surface area contributed by atoms with E-state index < -0.39 is 5.91 Å². The monoisotopic (exact) mass is 341 g/mol. The van der Waals surface area contributed by atoms with Crippen molar-refractivity contribution in [2.45, 2.75) is 13.8 Å². The molecule has 1 amide bonds. The molecule has 0 bridgehead atoms. The number of nitrogens with one attached hydrogen (secondary N) is 1. The Morgan fingerprint density at radius 3 is 2.54 bits per heavy atom. The predicted molar refractivity (Wildman–Crippen MR) is 94.1 cm³/mol. The summed E-state index contributed by atoms with van der Waals surface area (Å²) in [5.74, 6) is -0.411. The molecule has 1 heterocycles. The Labute approximate surface area is 144 Å². The number of para-hydroxylation sites is 1. The Morgan fingerprint density at radius 2 is 1.88 bits per heavy atom. The number of nitrogens with zero attached hydrogens (tertiary/aromatic N) is 2. The number of benzene rings is 2. The van der Waals surface area contributed by atoms with Gasteiger partial charge in [-0.05, 0) is 43.7 Å². The van der Waals surface area contributed by atoms with E-state index in [9.17, 15) is 9.90 Å². The van der Waals surface area contributed by atoms with E-state index in [2.05, 4.69) is 10.4 Å². The Morgan fingerprint density at radius 1 is 1.17 bits per heavy atom. The number of carbonyl (C=O) groups excluding carboxylic acids is 1. The van der Waals surface area contributed by atoms with Crippen LogP contribution >= 0.6 is 11.6 Å². The zero-order valence-corrected chi connectivity index (χ0v) is 14.0. The van der Waals surface area contributed by atoms with E-state index in [1.165, 1.54) is 4.68 Å². The molecule has 0 aliphatic rings. The van der Waals surface area contributed by atoms with Crippen molar-refractivity contribution in [1.29, 1.82) is 0 Å². The molecule has 0 saturated carbocycles. The van der Waals surface area contributed by atoms with Crippen LogP contribution in [0.2, 0.25) is 5.15 Å². The van der Waals surface area contributed by atoms with Crippen molar-refractivity contribution in [2.24, 2.45) is 0 Å². The third-order valence-corrected chi connectivity index (χ3v) is 3.98. The first-order valence-electron chi connectivity index (χ1n) is 7.39. The van der Waals surface area contributed by atoms with E-state index in [4.69, 9.17) is 11.6 Å². The van der Waals surface area contributed by atoms with Crippen LogP contribution in [0.4, 0.5) is 5.69 Å². The highest BCUT2D eigenvalue weighted by molar-refractivity contribution is 6.34. The lowest BCUT2D eigenvalue weighted by atomic mass is 10.2. The van der Waals surface area contributed by atoms with Crippen molar-refractivity contribution in [3.63, 3.8) is 0 Å². The smallest absolute Gasteiger partial charge is 0.260 e. The second kappa shape index (κ2) is 6.37. The maximum atomic E-state index is 12.6. The molecular weight excluding hydrogens is 326 g/mol. The molecule has 24 heavy (non-hydrogen) atoms. The van der Waals surface area contributed by atoms with Crippen LogP contribution in [0.1, 0.15) is 21.6 Å². The van der Waals surface area contributed by atoms with Crippen LogP contribution in [0.15, 0.2) is 48.5 Å². The van der Waals surface area contributed by atoms with Gasteiger partial charge in [-0.1, -0.05) is 35.9 Å². The van der Waals surface area contributed by atoms with Crippen molar-refractivity contribution >= 4 is 23.2 Å². The minimum Gasteiger partial charge on any atom is -0.506 e. The number of phenols is 1. The number of phenolic OH excluding ortho intramolecular Hbond substituents is 1. The summed E-state index contributed by atoms with van der Waals surface area (Å²) in [5, 5.41) is 17.2. The van der Waals surface area contributed by atoms with Crippen molar-refractivity contribution in [3.8, 4) is 11.4 Å². The Balaban J connectivity index is 1.95. The first-order chi connectivity index (χ1) is 11.5. The number of aromatic nitrogens is 2. The number of hydrogen-bond acceptors (Lipinski definition) is 3. The molecule has 122 valence electrons. The molecule has 0 spiro atoms. The largest absolute Gasteiger partial charge is 0.506 e. The molecule has 0 atom stereocenters. The van der Waals surface area contributed by atoms with Gasteiger partial charge in [0, 0.05) is 0 Å². The van der Waals surface area contributed by atoms with Crippen LogP contribution in [0, 0.1) is 13.8 Å². The van der Waals surface area contributed by atoms with E-state index in [0.717, 1.165) is 11.3 Å². The van der Waals surface area contributed by atoms with Gasteiger partial charge in [-0.2, -0.15) is 5.10 Å². The van der Waals surface area contributed by atoms with Crippen molar-refractivity contribution in [2.75, 3.05) is 5.32 Å². The second-order valence-electron chi connectivity index (χ2n) is 5.47. The van der Waals surface area contributed by atoms with Crippen LogP contribution < -0.4 is 5.32 Å². The zero-order chi connectivity index (χ0) is 17.3. The zero-order valence-electron chi connectivity index (χ0n) is 13.2. The number of hydrogen-bond donors (Lipinski definition) is 2. The van der Waals surface area contributed by atoms with E-state index in [1.807, 2.05) is 37.3 Å². The molecule has 1 aromatic heterocycles. The van der Waals surface area contributed by atoms with Gasteiger partial charge in [0.05, 0.1) is 17.1 Å². The molecule has 2 aromatic carbocycles. The first kappa shape index (κ1) is 16.1. The summed E-state index contributed by atoms with van der Waals surface area (Å²) in [6.45, 7) is 3.57. The highest BCUT2D eigenvalue weighted by atomic mass is 35.5. The van der Waals surface area contributed by atoms with Gasteiger partial charge in [0.1, 0.15) is 16.5 Å². The summed E-state index contributed by atoms with van der Waals surface area (Å²) in [6, 6.07) is 14.4. The molecule has 0 saturated heterocycles. The van der Waals surface area contributed by atoms with Gasteiger partial charge in [-0.15, -0.1) is 0 Å². The molecule has 3 rings (SSSR count). The summed E-state index contributed by atoms with van der Waals surface area (Å²) >= 11 is 6.37. The molecule has 0 radical (unpaired) electrons. The van der Waals surface area contributed by atoms with Gasteiger partial charge < -0.3 is 10.4 Å². The maximum Gasteiger partial charge on any atom is 0.260 e. The fraction of sp³-hybridized carbons (Fsp3) is 0.111. The van der Waals surface area contributed by atoms with Crippen molar-refractivity contribution in [3.05, 3.63) is 70.5 Å². The average molecular weight is 342 g/mol. The number of aromatic hydroxyl groups is 1. The van der Waals surface area contributed by atoms with Crippen molar-refractivity contribution < 1.29 is 9.90 Å². The summed E-state index contributed by atoms with van der Waals surface area (Å²) in [7, 11) is 0. The van der Waals surface area contributed by atoms with Gasteiger partial charge >= 0.3 is 0 Å². The maximum absolute atomic E-state index is 12.6. The molecule has 3 aromatic rings. The fourth-order valence-corrected chi connectivity index (χ4v) is 2.79. The van der Waals surface area contributed by atoms with Crippen LogP contribution in [-0.4, -0.2) is 20.8 Å². The van der Waals surface area contributed by atoms with E-state index >= 15 is 0 Å². The minimum absolute atomic E-state index is 0.00702. The molecule has 0 aliphatic carbocycles. The number of rotatable bonds is 3. The van der Waals surface area contributed by atoms with Gasteiger partial charge in [0.2, 0.25) is 0 Å². The highest BCUT2D eigenvalue weighted by Gasteiger charge is 2.21. The summed E-state index contributed by atoms with van der Waals surface area (Å²) in [5.41, 5.74) is 2.78. The lowest BCUT2D eigenvalue weighted by Gasteiger charge is -2.08. The molecule has 0 fully saturated rings. The standard InChI is InChI=1S/C18H16ClN3O2/c1-11-8-9-14(15(23)10-11)20-18(24)16-12(2)21-22(17(16)19)13-6-4-3-5-7-13/h3-10,23H,1-2H3,(H,20,24). The Hall–Kier alpha value is -2.79. The molecule has 2 N–H and O–H groups in total. The number of aryl methyl sites for hydroxylation is 2. The Kier molecular flexibility index (Phi) is 4.27. The molecule has 0 unspecified atom stereocenters. The van der Waals surface area contributed by atoms with Crippen LogP contribution in [-0.2, 0) is 0 Å². The molecule has 6 heteroatoms. The van der Waals surface area contributed by atoms with Crippen LogP contribution in [0.3, 0.4) is 0 Å². The number of anilines is 1. The predicted octanol–water partition coefficient (Wildman–Crippen LogP) is 4.10. The number of carbonyl (C=O) groups is 1. The summed E-state index contributed by atoms with van der Waals surface area (Å²) < 4.78 is 1.51. The van der Waals surface area contributed by atoms with Crippen LogP contribution in [0.5, 0.6) is 5.75 Å². The van der Waals surface area contributed by atoms with Crippen LogP contribution in [0.25, 0.3) is 5.69 Å². The Bertz CT molecular complexity index is 904. The quantitative estimate of drug-likeness (QED) is 0.705. The third kappa shape index (κ3) is 2.98. The lowest BCUT2D eigenvalue weighted by molar-refractivity contribution is 0.102. The highest BCUT2D eigenvalue weighted by Crippen LogP contribution is 2.28. The fourth-order valence-electron chi connectivity index (χ4n) is 2.43. The molecule has 0 aliphatic heterocycles. The topological polar surface area (TPSA) is 67.2 Å². The summed E-state index contributed by atoms with van der Waals surface area (Å²) in [6.07, 6.45) is 0. The normalized spacial score (nSPS) is 10.6. The first-order valence-corrected chi connectivity index (χ1v) is 7.76. The number of halogens is 1. The van der Waals surface area contributed by atoms with E-state index in [1.54, 1.807) is 25.1 Å². The molecular formula is C18H16ClN3O2. The van der Waals surface area contributed by atoms with Gasteiger partial charge in [-0.3, -0.25) is 4.79 Å². The van der Waals surface area contributed by atoms with E-state index in [0.29, 0.717) is 11.4 Å².